The zero-order valence-corrected chi connectivity index (χ0v) is 12.3. The number of nitrogens with zero attached hydrogens (tertiary/aromatic N) is 1. The van der Waals surface area contributed by atoms with Gasteiger partial charge in [-0.2, -0.15) is 0 Å². The lowest BCUT2D eigenvalue weighted by Crippen LogP contribution is -2.62. The van der Waals surface area contributed by atoms with Gasteiger partial charge >= 0.3 is 0 Å². The molecule has 1 atom stereocenters. The van der Waals surface area contributed by atoms with Gasteiger partial charge in [0.25, 0.3) is 0 Å². The molecule has 3 saturated heterocycles. The zero-order chi connectivity index (χ0) is 11.8. The molecule has 3 heterocycles. The van der Waals surface area contributed by atoms with Gasteiger partial charge in [-0.05, 0) is 68.7 Å². The first-order valence-corrected chi connectivity index (χ1v) is 9.91. The Morgan fingerprint density at radius 1 is 1.38 bits per heavy atom. The van der Waals surface area contributed by atoms with E-state index in [2.05, 4.69) is 29.6 Å². The lowest BCUT2D eigenvalue weighted by Gasteiger charge is -2.53. The maximum absolute atomic E-state index is 6.45. The van der Waals surface area contributed by atoms with Crippen molar-refractivity contribution >= 4 is 25.6 Å². The first-order valence-electron chi connectivity index (χ1n) is 6.10. The molecule has 0 aromatic carbocycles. The molecular weight excluding hydrogens is 234 g/mol. The Balaban J connectivity index is 2.25. The first-order chi connectivity index (χ1) is 7.45. The molecule has 0 radical (unpaired) electrons. The highest BCUT2D eigenvalue weighted by atomic mass is 32.1. The summed E-state index contributed by atoms with van der Waals surface area (Å²) in [4.78, 5) is 2.50. The quantitative estimate of drug-likeness (QED) is 0.568. The molecule has 4 heteroatoms. The van der Waals surface area contributed by atoms with Crippen LogP contribution in [-0.4, -0.2) is 43.5 Å². The summed E-state index contributed by atoms with van der Waals surface area (Å²) < 4.78 is 6.45. The number of fused-ring (bicyclic) bond motifs is 3. The largest absolute Gasteiger partial charge is 0.406 e. The second-order valence-electron chi connectivity index (χ2n) is 5.98. The third-order valence-electron chi connectivity index (χ3n) is 3.55. The van der Waals surface area contributed by atoms with Gasteiger partial charge in [-0.3, -0.25) is 0 Å². The maximum atomic E-state index is 6.45. The first kappa shape index (κ1) is 12.5. The van der Waals surface area contributed by atoms with E-state index in [4.69, 9.17) is 16.6 Å². The van der Waals surface area contributed by atoms with E-state index in [1.165, 1.54) is 25.9 Å². The van der Waals surface area contributed by atoms with Crippen LogP contribution >= 0.6 is 12.2 Å². The van der Waals surface area contributed by atoms with Gasteiger partial charge in [-0.25, -0.2) is 0 Å². The summed E-state index contributed by atoms with van der Waals surface area (Å²) in [6.07, 6.45) is 4.52. The van der Waals surface area contributed by atoms with Crippen molar-refractivity contribution in [3.63, 3.8) is 0 Å². The van der Waals surface area contributed by atoms with Gasteiger partial charge in [-0.1, -0.05) is 0 Å². The normalized spacial score (nSPS) is 38.2. The highest BCUT2D eigenvalue weighted by molar-refractivity contribution is 7.78. The minimum atomic E-state index is -1.54. The van der Waals surface area contributed by atoms with Crippen molar-refractivity contribution in [3.8, 4) is 0 Å². The van der Waals surface area contributed by atoms with Crippen LogP contribution in [0.15, 0.2) is 6.08 Å². The number of piperidine rings is 3. The van der Waals surface area contributed by atoms with Crippen LogP contribution in [0.5, 0.6) is 0 Å². The van der Waals surface area contributed by atoms with E-state index in [1.807, 2.05) is 6.08 Å². The van der Waals surface area contributed by atoms with Gasteiger partial charge in [0.15, 0.2) is 8.32 Å². The van der Waals surface area contributed by atoms with Crippen molar-refractivity contribution in [2.75, 3.05) is 19.6 Å². The van der Waals surface area contributed by atoms with Crippen LogP contribution in [-0.2, 0) is 4.43 Å². The van der Waals surface area contributed by atoms with Gasteiger partial charge in [0.1, 0.15) is 0 Å². The van der Waals surface area contributed by atoms with Gasteiger partial charge in [0.2, 0.25) is 0 Å². The summed E-state index contributed by atoms with van der Waals surface area (Å²) in [6, 6.07) is 0. The van der Waals surface area contributed by atoms with Gasteiger partial charge in [-0.15, -0.1) is 0 Å². The summed E-state index contributed by atoms with van der Waals surface area (Å²) >= 11 is 4.92. The van der Waals surface area contributed by atoms with Gasteiger partial charge < -0.3 is 9.33 Å². The monoisotopic (exact) mass is 255 g/mol. The van der Waals surface area contributed by atoms with Crippen molar-refractivity contribution in [2.24, 2.45) is 5.92 Å². The van der Waals surface area contributed by atoms with Gasteiger partial charge in [0, 0.05) is 12.6 Å². The van der Waals surface area contributed by atoms with Crippen molar-refractivity contribution in [3.05, 3.63) is 6.08 Å². The predicted molar refractivity (Wildman–Crippen MR) is 73.5 cm³/mol. The second-order valence-corrected chi connectivity index (χ2v) is 10.6. The molecule has 0 aliphatic carbocycles. The van der Waals surface area contributed by atoms with Crippen LogP contribution in [0.25, 0.3) is 0 Å². The molecule has 90 valence electrons. The molecule has 1 unspecified atom stereocenters. The van der Waals surface area contributed by atoms with Crippen molar-refractivity contribution in [2.45, 2.75) is 38.1 Å². The molecule has 0 spiro atoms. The zero-order valence-electron chi connectivity index (χ0n) is 10.5. The third kappa shape index (κ3) is 2.46. The SMILES string of the molecule is C[Si](C)(C)OC1(C=C=S)CN2CCC1CC2. The fourth-order valence-corrected chi connectivity index (χ4v) is 4.67. The Morgan fingerprint density at radius 3 is 2.38 bits per heavy atom. The molecule has 0 saturated carbocycles. The molecule has 0 N–H and O–H groups in total. The summed E-state index contributed by atoms with van der Waals surface area (Å²) in [5, 5.41) is 2.81. The Kier molecular flexibility index (Phi) is 3.39. The van der Waals surface area contributed by atoms with Crippen LogP contribution in [0.2, 0.25) is 19.6 Å². The highest BCUT2D eigenvalue weighted by Crippen LogP contribution is 2.40. The molecule has 3 fully saturated rings. The topological polar surface area (TPSA) is 12.5 Å². The van der Waals surface area contributed by atoms with Crippen LogP contribution < -0.4 is 0 Å². The van der Waals surface area contributed by atoms with Crippen LogP contribution in [0.1, 0.15) is 12.8 Å². The molecule has 16 heavy (non-hydrogen) atoms. The summed E-state index contributed by atoms with van der Waals surface area (Å²) in [6.45, 7) is 10.2. The Labute approximate surface area is 105 Å². The standard InChI is InChI=1S/C12H21NOSSi/c1-16(2,3)14-12(6-9-15)10-13-7-4-11(12)5-8-13/h6,11H,4-5,7-8,10H2,1-3H3. The average molecular weight is 255 g/mol. The molecule has 0 aromatic rings. The average Bonchev–Trinajstić information content (AvgIpc) is 2.16. The van der Waals surface area contributed by atoms with Crippen molar-refractivity contribution in [1.29, 1.82) is 0 Å². The predicted octanol–water partition coefficient (Wildman–Crippen LogP) is 2.46. The minimum Gasteiger partial charge on any atom is -0.406 e. The Morgan fingerprint density at radius 2 is 2.00 bits per heavy atom. The fraction of sp³-hybridized carbons (Fsp3) is 0.833. The second kappa shape index (κ2) is 4.35. The van der Waals surface area contributed by atoms with E-state index >= 15 is 0 Å². The summed E-state index contributed by atoms with van der Waals surface area (Å²) in [7, 11) is -1.54. The lowest BCUT2D eigenvalue weighted by atomic mass is 9.75. The lowest BCUT2D eigenvalue weighted by molar-refractivity contribution is -0.0649. The fourth-order valence-electron chi connectivity index (χ4n) is 3.04. The van der Waals surface area contributed by atoms with E-state index in [9.17, 15) is 0 Å². The molecule has 0 aromatic heterocycles. The molecular formula is C12H21NOSSi. The van der Waals surface area contributed by atoms with E-state index < -0.39 is 8.32 Å². The highest BCUT2D eigenvalue weighted by Gasteiger charge is 2.48. The van der Waals surface area contributed by atoms with Crippen LogP contribution in [0.4, 0.5) is 0 Å². The van der Waals surface area contributed by atoms with Crippen LogP contribution in [0.3, 0.4) is 0 Å². The molecule has 3 rings (SSSR count). The molecule has 3 aliphatic heterocycles. The van der Waals surface area contributed by atoms with E-state index in [-0.39, 0.29) is 5.60 Å². The molecule has 3 aliphatic rings. The van der Waals surface area contributed by atoms with E-state index in [0.717, 1.165) is 6.54 Å². The Hall–Kier alpha value is 0.00688. The molecule has 2 bridgehead atoms. The van der Waals surface area contributed by atoms with Gasteiger partial charge in [0.05, 0.1) is 5.60 Å². The number of thiocarbonyl (C=S) groups is 1. The number of hydrogen-bond acceptors (Lipinski definition) is 3. The van der Waals surface area contributed by atoms with Crippen molar-refractivity contribution in [1.82, 2.24) is 4.90 Å². The molecule has 2 nitrogen and oxygen atoms in total. The van der Waals surface area contributed by atoms with Crippen molar-refractivity contribution < 1.29 is 4.43 Å². The van der Waals surface area contributed by atoms with E-state index in [0.29, 0.717) is 5.92 Å². The third-order valence-corrected chi connectivity index (χ3v) is 4.66. The molecule has 0 amide bonds. The number of hydrogen-bond donors (Lipinski definition) is 0. The Bertz CT molecular complexity index is 313. The number of rotatable bonds is 3. The van der Waals surface area contributed by atoms with Crippen LogP contribution in [0, 0.1) is 5.92 Å². The minimum absolute atomic E-state index is 0.122. The van der Waals surface area contributed by atoms with E-state index in [1.54, 1.807) is 0 Å². The smallest absolute Gasteiger partial charge is 0.185 e. The summed E-state index contributed by atoms with van der Waals surface area (Å²) in [5.74, 6) is 0.652. The summed E-state index contributed by atoms with van der Waals surface area (Å²) in [5.41, 5.74) is -0.122. The maximum Gasteiger partial charge on any atom is 0.185 e.